The first-order chi connectivity index (χ1) is 25.0. The second kappa shape index (κ2) is 14.7. The van der Waals surface area contributed by atoms with E-state index in [1.807, 2.05) is 60.7 Å². The summed E-state index contributed by atoms with van der Waals surface area (Å²) in [6, 6.07) is 16.5. The van der Waals surface area contributed by atoms with Crippen molar-refractivity contribution in [3.8, 4) is 11.5 Å². The van der Waals surface area contributed by atoms with Crippen molar-refractivity contribution in [1.29, 1.82) is 0 Å². The molecule has 8 nitrogen and oxygen atoms in total. The van der Waals surface area contributed by atoms with E-state index < -0.39 is 0 Å². The van der Waals surface area contributed by atoms with E-state index in [0.717, 1.165) is 114 Å². The fourth-order valence-electron chi connectivity index (χ4n) is 6.44. The van der Waals surface area contributed by atoms with Crippen LogP contribution in [0.4, 0.5) is 0 Å². The van der Waals surface area contributed by atoms with Crippen LogP contribution in [0.2, 0.25) is 0 Å². The van der Waals surface area contributed by atoms with Gasteiger partial charge in [0.25, 0.3) is 0 Å². The number of allylic oxidation sites excluding steroid dienone is 12. The zero-order chi connectivity index (χ0) is 36.3. The molecule has 0 N–H and O–H groups in total. The summed E-state index contributed by atoms with van der Waals surface area (Å²) in [5.41, 5.74) is 10.7. The van der Waals surface area contributed by atoms with Gasteiger partial charge in [0, 0.05) is 24.0 Å². The molecular weight excluding hydrogens is 645 g/mol. The van der Waals surface area contributed by atoms with E-state index in [0.29, 0.717) is 13.2 Å². The van der Waals surface area contributed by atoms with E-state index in [9.17, 15) is 0 Å². The van der Waals surface area contributed by atoms with Gasteiger partial charge < -0.3 is 18.4 Å². The Morgan fingerprint density at radius 3 is 1.25 bits per heavy atom. The topological polar surface area (TPSA) is 67.9 Å². The van der Waals surface area contributed by atoms with Gasteiger partial charge in [0.2, 0.25) is 0 Å². The van der Waals surface area contributed by atoms with Crippen molar-refractivity contribution in [2.75, 3.05) is 68.6 Å². The number of aliphatic imine (C=N–C) groups is 4. The third kappa shape index (κ3) is 8.70. The molecular formula is C44H48N6O2+2. The Kier molecular flexibility index (Phi) is 9.86. The molecule has 2 aromatic carbocycles. The van der Waals surface area contributed by atoms with Gasteiger partial charge in [-0.2, -0.15) is 0 Å². The Hall–Kier alpha value is -5.44. The second-order valence-electron chi connectivity index (χ2n) is 15.5. The predicted molar refractivity (Wildman–Crippen MR) is 215 cm³/mol. The van der Waals surface area contributed by atoms with Gasteiger partial charge in [-0.05, 0) is 96.2 Å². The fraction of sp³-hybridized carbons (Fsp3) is 0.273. The number of hydrogen-bond acceptors (Lipinski definition) is 6. The average molecular weight is 693 g/mol. The lowest BCUT2D eigenvalue weighted by molar-refractivity contribution is -0.870. The lowest BCUT2D eigenvalue weighted by atomic mass is 9.98. The molecule has 0 unspecified atom stereocenters. The van der Waals surface area contributed by atoms with Crippen molar-refractivity contribution in [2.24, 2.45) is 20.0 Å². The van der Waals surface area contributed by atoms with Crippen LogP contribution in [0.5, 0.6) is 11.5 Å². The summed E-state index contributed by atoms with van der Waals surface area (Å²) in [5, 5.41) is 0. The van der Waals surface area contributed by atoms with E-state index in [1.54, 1.807) is 0 Å². The molecule has 7 rings (SSSR count). The maximum absolute atomic E-state index is 6.07. The Labute approximate surface area is 307 Å². The van der Waals surface area contributed by atoms with Crippen LogP contribution in [-0.2, 0) is 0 Å². The van der Waals surface area contributed by atoms with Crippen LogP contribution in [0.1, 0.15) is 24.0 Å². The van der Waals surface area contributed by atoms with Crippen LogP contribution in [0, 0.1) is 0 Å². The Morgan fingerprint density at radius 1 is 0.462 bits per heavy atom. The number of quaternary nitrogens is 2. The first-order valence-corrected chi connectivity index (χ1v) is 18.0. The normalized spacial score (nSPS) is 17.7. The number of fused-ring (bicyclic) bond motifs is 4. The molecule has 0 aromatic heterocycles. The Balaban J connectivity index is 1.19. The maximum atomic E-state index is 6.07. The predicted octanol–water partition coefficient (Wildman–Crippen LogP) is 7.58. The molecule has 0 aliphatic carbocycles. The number of rotatable bonds is 12. The van der Waals surface area contributed by atoms with Crippen molar-refractivity contribution in [3.63, 3.8) is 0 Å². The van der Waals surface area contributed by atoms with Gasteiger partial charge >= 0.3 is 0 Å². The van der Waals surface area contributed by atoms with Crippen LogP contribution < -0.4 is 9.47 Å². The molecule has 0 saturated heterocycles. The van der Waals surface area contributed by atoms with E-state index in [4.69, 9.17) is 29.4 Å². The standard InChI is InChI=1S/C44H48N6O2/c1-49(2,3)25-7-27-51-37-17-9-31(10-18-37)43-39-21-13-33(45-39)29-35-15-23-41(47-35)44(42-24-16-36(48-42)30-34-14-22-40(43)46-34)32-11-19-38(20-12-32)52-28-8-26-50(4,5)6/h9-24,29-30H,7-8,25-28H2,1-6H3/q+2. The van der Waals surface area contributed by atoms with E-state index in [2.05, 4.69) is 90.9 Å². The number of ether oxygens (including phenoxy) is 2. The minimum atomic E-state index is 0.686. The van der Waals surface area contributed by atoms with Crippen molar-refractivity contribution in [3.05, 3.63) is 143 Å². The van der Waals surface area contributed by atoms with Crippen LogP contribution >= 0.6 is 0 Å². The minimum Gasteiger partial charge on any atom is -0.493 e. The van der Waals surface area contributed by atoms with Gasteiger partial charge in [-0.3, -0.25) is 0 Å². The van der Waals surface area contributed by atoms with Crippen molar-refractivity contribution in [1.82, 2.24) is 0 Å². The molecule has 5 aliphatic rings. The molecule has 264 valence electrons. The Morgan fingerprint density at radius 2 is 0.865 bits per heavy atom. The highest BCUT2D eigenvalue weighted by Gasteiger charge is 2.22. The molecule has 0 amide bonds. The van der Waals surface area contributed by atoms with Gasteiger partial charge in [0.1, 0.15) is 11.5 Å². The van der Waals surface area contributed by atoms with Crippen LogP contribution in [0.25, 0.3) is 11.1 Å². The van der Waals surface area contributed by atoms with Crippen LogP contribution in [-0.4, -0.2) is 100 Å². The minimum absolute atomic E-state index is 0.686. The zero-order valence-electron chi connectivity index (χ0n) is 31.1. The van der Waals surface area contributed by atoms with Gasteiger partial charge in [-0.1, -0.05) is 24.3 Å². The summed E-state index contributed by atoms with van der Waals surface area (Å²) in [6.07, 6.45) is 22.4. The highest BCUT2D eigenvalue weighted by atomic mass is 16.5. The molecule has 8 heteroatoms. The number of hydrogen-bond donors (Lipinski definition) is 0. The quantitative estimate of drug-likeness (QED) is 0.170. The summed E-state index contributed by atoms with van der Waals surface area (Å²) in [7, 11) is 13.2. The van der Waals surface area contributed by atoms with Crippen molar-refractivity contribution >= 4 is 34.0 Å². The second-order valence-corrected chi connectivity index (χ2v) is 15.5. The summed E-state index contributed by atoms with van der Waals surface area (Å²) in [5.74, 6) is 1.71. The van der Waals surface area contributed by atoms with Gasteiger partial charge in [-0.25, -0.2) is 20.0 Å². The highest BCUT2D eigenvalue weighted by molar-refractivity contribution is 6.34. The molecule has 0 atom stereocenters. The molecule has 0 saturated carbocycles. The van der Waals surface area contributed by atoms with Crippen LogP contribution in [0.15, 0.2) is 152 Å². The summed E-state index contributed by atoms with van der Waals surface area (Å²) >= 11 is 0. The van der Waals surface area contributed by atoms with Gasteiger partial charge in [0.15, 0.2) is 0 Å². The highest BCUT2D eigenvalue weighted by Crippen LogP contribution is 2.33. The monoisotopic (exact) mass is 692 g/mol. The maximum Gasteiger partial charge on any atom is 0.119 e. The van der Waals surface area contributed by atoms with Crippen molar-refractivity contribution < 1.29 is 18.4 Å². The van der Waals surface area contributed by atoms with E-state index in [1.165, 1.54) is 0 Å². The van der Waals surface area contributed by atoms with E-state index in [-0.39, 0.29) is 0 Å². The molecule has 8 bridgehead atoms. The SMILES string of the molecule is C[N+](C)(C)CCCOc1ccc(C2=C3C=CC(=N3)C=C3C=CC(=N3)C(c3ccc(OCCC[N+](C)(C)C)cc3)=C3C=CC(=N3)C=C3C=CC2=N3)cc1. The third-order valence-corrected chi connectivity index (χ3v) is 9.03. The van der Waals surface area contributed by atoms with Gasteiger partial charge in [0.05, 0.1) is 114 Å². The largest absolute Gasteiger partial charge is 0.493 e. The zero-order valence-corrected chi connectivity index (χ0v) is 31.1. The molecule has 5 heterocycles. The Bertz CT molecular complexity index is 1960. The summed E-state index contributed by atoms with van der Waals surface area (Å²) < 4.78 is 14.0. The van der Waals surface area contributed by atoms with Gasteiger partial charge in [-0.15, -0.1) is 0 Å². The first kappa shape index (κ1) is 35.0. The number of benzene rings is 2. The molecule has 0 spiro atoms. The first-order valence-electron chi connectivity index (χ1n) is 18.0. The summed E-state index contributed by atoms with van der Waals surface area (Å²) in [4.78, 5) is 20.3. The average Bonchev–Trinajstić information content (AvgIpc) is 3.93. The van der Waals surface area contributed by atoms with Crippen LogP contribution in [0.3, 0.4) is 0 Å². The van der Waals surface area contributed by atoms with E-state index >= 15 is 0 Å². The fourth-order valence-corrected chi connectivity index (χ4v) is 6.44. The molecule has 0 fully saturated rings. The third-order valence-electron chi connectivity index (χ3n) is 9.03. The lowest BCUT2D eigenvalue weighted by Gasteiger charge is -2.23. The van der Waals surface area contributed by atoms with Crippen molar-refractivity contribution in [2.45, 2.75) is 12.8 Å². The molecule has 5 aliphatic heterocycles. The molecule has 52 heavy (non-hydrogen) atoms. The number of nitrogens with zero attached hydrogens (tertiary/aromatic N) is 6. The lowest BCUT2D eigenvalue weighted by Crippen LogP contribution is -2.36. The smallest absolute Gasteiger partial charge is 0.119 e. The molecule has 0 radical (unpaired) electrons. The molecule has 2 aromatic rings. The summed E-state index contributed by atoms with van der Waals surface area (Å²) in [6.45, 7) is 3.49.